The molecule has 1 aromatic heterocycles. The molecule has 0 saturated heterocycles. The average molecular weight is 456 g/mol. The van der Waals surface area contributed by atoms with Crippen LogP contribution in [0, 0.1) is 0 Å². The van der Waals surface area contributed by atoms with Gasteiger partial charge in [0.2, 0.25) is 0 Å². The van der Waals surface area contributed by atoms with Gasteiger partial charge in [0.05, 0.1) is 23.4 Å². The molecule has 0 unspecified atom stereocenters. The van der Waals surface area contributed by atoms with Crippen molar-refractivity contribution in [3.63, 3.8) is 0 Å². The van der Waals surface area contributed by atoms with Crippen molar-refractivity contribution in [2.45, 2.75) is 4.90 Å². The minimum Gasteiger partial charge on any atom is -0.495 e. The van der Waals surface area contributed by atoms with E-state index < -0.39 is 18.5 Å². The summed E-state index contributed by atoms with van der Waals surface area (Å²) in [5, 5.41) is 4.79. The van der Waals surface area contributed by atoms with E-state index in [1.807, 2.05) is 30.5 Å². The highest BCUT2D eigenvalue weighted by Crippen LogP contribution is 2.36. The summed E-state index contributed by atoms with van der Waals surface area (Å²) in [7, 11) is 1.51. The average Bonchev–Trinajstić information content (AvgIpc) is 3.14. The third-order valence-electron chi connectivity index (χ3n) is 4.70. The van der Waals surface area contributed by atoms with Crippen LogP contribution >= 0.6 is 23.4 Å². The van der Waals surface area contributed by atoms with Crippen LogP contribution in [-0.2, 0) is 9.53 Å². The smallest absolute Gasteiger partial charge is 0.340 e. The number of fused-ring (bicyclic) bond motifs is 3. The van der Waals surface area contributed by atoms with Crippen molar-refractivity contribution in [2.24, 2.45) is 0 Å². The van der Waals surface area contributed by atoms with Crippen molar-refractivity contribution in [1.82, 2.24) is 0 Å². The lowest BCUT2D eigenvalue weighted by Gasteiger charge is -2.11. The Kier molecular flexibility index (Phi) is 6.06. The number of hydrogen-bond donors (Lipinski definition) is 1. The maximum atomic E-state index is 12.4. The number of benzene rings is 3. The molecule has 31 heavy (non-hydrogen) atoms. The number of rotatable bonds is 6. The van der Waals surface area contributed by atoms with E-state index in [1.165, 1.54) is 18.9 Å². The first-order valence-corrected chi connectivity index (χ1v) is 10.9. The van der Waals surface area contributed by atoms with Gasteiger partial charge in [-0.1, -0.05) is 29.8 Å². The number of thioether (sulfide) groups is 1. The lowest BCUT2D eigenvalue weighted by Crippen LogP contribution is -2.21. The first-order valence-electron chi connectivity index (χ1n) is 9.30. The summed E-state index contributed by atoms with van der Waals surface area (Å²) in [5.74, 6) is -0.718. The predicted octanol–water partition coefficient (Wildman–Crippen LogP) is 5.77. The quantitative estimate of drug-likeness (QED) is 0.294. The Labute approximate surface area is 187 Å². The summed E-state index contributed by atoms with van der Waals surface area (Å²) in [5.41, 5.74) is 1.97. The highest BCUT2D eigenvalue weighted by molar-refractivity contribution is 7.98. The standard InChI is InChI=1S/C23H18ClNO5S/c1-28-21-10-15-14-5-3-4-6-19(14)30-20(15)11-18(21)25-22(26)12-29-23(27)16-9-13(31-2)7-8-17(16)24/h3-11H,12H2,1-2H3,(H,25,26). The molecule has 6 nitrogen and oxygen atoms in total. The molecule has 8 heteroatoms. The van der Waals surface area contributed by atoms with E-state index in [1.54, 1.807) is 30.3 Å². The molecular formula is C23H18ClNO5S. The number of para-hydroxylation sites is 1. The number of hydrogen-bond acceptors (Lipinski definition) is 6. The Hall–Kier alpha value is -3.16. The van der Waals surface area contributed by atoms with Gasteiger partial charge < -0.3 is 19.2 Å². The number of halogens is 1. The summed E-state index contributed by atoms with van der Waals surface area (Å²) in [6.45, 7) is -0.472. The van der Waals surface area contributed by atoms with Gasteiger partial charge in [-0.15, -0.1) is 11.8 Å². The van der Waals surface area contributed by atoms with Crippen LogP contribution < -0.4 is 10.1 Å². The number of ether oxygens (including phenoxy) is 2. The van der Waals surface area contributed by atoms with Gasteiger partial charge in [0.25, 0.3) is 5.91 Å². The molecule has 3 aromatic carbocycles. The number of methoxy groups -OCH3 is 1. The lowest BCUT2D eigenvalue weighted by atomic mass is 10.1. The Morgan fingerprint density at radius 2 is 1.87 bits per heavy atom. The first-order chi connectivity index (χ1) is 15.0. The van der Waals surface area contributed by atoms with Crippen LogP contribution in [-0.4, -0.2) is 31.8 Å². The van der Waals surface area contributed by atoms with Crippen LogP contribution in [0.15, 0.2) is 63.9 Å². The number of amides is 1. The number of carbonyl (C=O) groups excluding carboxylic acids is 2. The fraction of sp³-hybridized carbons (Fsp3) is 0.130. The largest absolute Gasteiger partial charge is 0.495 e. The molecule has 4 rings (SSSR count). The number of nitrogens with one attached hydrogen (secondary N) is 1. The van der Waals surface area contributed by atoms with Crippen LogP contribution in [0.1, 0.15) is 10.4 Å². The second-order valence-corrected chi connectivity index (χ2v) is 7.90. The van der Waals surface area contributed by atoms with E-state index in [-0.39, 0.29) is 10.6 Å². The molecule has 0 aliphatic heterocycles. The SMILES string of the molecule is COc1cc2c(cc1NC(=O)COC(=O)c1cc(SC)ccc1Cl)oc1ccccc12. The fourth-order valence-electron chi connectivity index (χ4n) is 3.20. The summed E-state index contributed by atoms with van der Waals surface area (Å²) >= 11 is 7.56. The van der Waals surface area contributed by atoms with Crippen LogP contribution in [0.4, 0.5) is 5.69 Å². The van der Waals surface area contributed by atoms with E-state index in [4.69, 9.17) is 25.5 Å². The maximum Gasteiger partial charge on any atom is 0.340 e. The maximum absolute atomic E-state index is 12.4. The summed E-state index contributed by atoms with van der Waals surface area (Å²) in [6.07, 6.45) is 1.89. The molecule has 0 radical (unpaired) electrons. The monoisotopic (exact) mass is 455 g/mol. The third-order valence-corrected chi connectivity index (χ3v) is 5.76. The van der Waals surface area contributed by atoms with E-state index >= 15 is 0 Å². The number of anilines is 1. The normalized spacial score (nSPS) is 10.9. The van der Waals surface area contributed by atoms with Crippen LogP contribution in [0.25, 0.3) is 21.9 Å². The van der Waals surface area contributed by atoms with E-state index in [9.17, 15) is 9.59 Å². The first kappa shape index (κ1) is 21.1. The van der Waals surface area contributed by atoms with E-state index in [2.05, 4.69) is 5.32 Å². The Balaban J connectivity index is 1.50. The summed E-state index contributed by atoms with van der Waals surface area (Å²) in [4.78, 5) is 25.6. The van der Waals surface area contributed by atoms with Crippen LogP contribution in [0.2, 0.25) is 5.02 Å². The predicted molar refractivity (Wildman–Crippen MR) is 122 cm³/mol. The molecular weight excluding hydrogens is 438 g/mol. The Morgan fingerprint density at radius 3 is 2.65 bits per heavy atom. The number of furan rings is 1. The van der Waals surface area contributed by atoms with Gasteiger partial charge in [-0.3, -0.25) is 4.79 Å². The highest BCUT2D eigenvalue weighted by atomic mass is 35.5. The number of esters is 1. The molecule has 1 amide bonds. The van der Waals surface area contributed by atoms with Gasteiger partial charge in [0.15, 0.2) is 6.61 Å². The minimum absolute atomic E-state index is 0.211. The zero-order valence-corrected chi connectivity index (χ0v) is 18.3. The van der Waals surface area contributed by atoms with Gasteiger partial charge in [-0.05, 0) is 36.6 Å². The topological polar surface area (TPSA) is 77.8 Å². The molecule has 0 saturated carbocycles. The van der Waals surface area contributed by atoms with Crippen molar-refractivity contribution < 1.29 is 23.5 Å². The zero-order chi connectivity index (χ0) is 22.0. The molecule has 4 aromatic rings. The fourth-order valence-corrected chi connectivity index (χ4v) is 3.84. The van der Waals surface area contributed by atoms with Crippen molar-refractivity contribution in [2.75, 3.05) is 25.3 Å². The third kappa shape index (κ3) is 4.33. The molecule has 1 N–H and O–H groups in total. The van der Waals surface area contributed by atoms with Crippen LogP contribution in [0.3, 0.4) is 0 Å². The Morgan fingerprint density at radius 1 is 1.06 bits per heavy atom. The minimum atomic E-state index is -0.671. The molecule has 0 aliphatic rings. The second-order valence-electron chi connectivity index (χ2n) is 6.62. The molecule has 0 atom stereocenters. The van der Waals surface area contributed by atoms with Gasteiger partial charge >= 0.3 is 5.97 Å². The molecule has 1 heterocycles. The van der Waals surface area contributed by atoms with Crippen molar-refractivity contribution in [3.8, 4) is 5.75 Å². The highest BCUT2D eigenvalue weighted by Gasteiger charge is 2.17. The van der Waals surface area contributed by atoms with Gasteiger partial charge in [0.1, 0.15) is 16.9 Å². The van der Waals surface area contributed by atoms with Gasteiger partial charge in [0, 0.05) is 21.7 Å². The second kappa shape index (κ2) is 8.91. The summed E-state index contributed by atoms with van der Waals surface area (Å²) < 4.78 is 16.4. The number of carbonyl (C=O) groups is 2. The van der Waals surface area contributed by atoms with Crippen molar-refractivity contribution in [1.29, 1.82) is 0 Å². The molecule has 0 spiro atoms. The Bertz CT molecular complexity index is 1300. The van der Waals surface area contributed by atoms with Gasteiger partial charge in [-0.2, -0.15) is 0 Å². The van der Waals surface area contributed by atoms with Crippen molar-refractivity contribution >= 4 is 62.9 Å². The van der Waals surface area contributed by atoms with Crippen LogP contribution in [0.5, 0.6) is 5.75 Å². The molecule has 0 fully saturated rings. The summed E-state index contributed by atoms with van der Waals surface area (Å²) in [6, 6.07) is 16.2. The lowest BCUT2D eigenvalue weighted by molar-refractivity contribution is -0.119. The molecule has 0 aliphatic carbocycles. The zero-order valence-electron chi connectivity index (χ0n) is 16.7. The van der Waals surface area contributed by atoms with Crippen molar-refractivity contribution in [3.05, 3.63) is 65.2 Å². The van der Waals surface area contributed by atoms with E-state index in [0.29, 0.717) is 17.0 Å². The molecule has 0 bridgehead atoms. The van der Waals surface area contributed by atoms with E-state index in [0.717, 1.165) is 21.3 Å². The molecule has 158 valence electrons. The van der Waals surface area contributed by atoms with Gasteiger partial charge in [-0.25, -0.2) is 4.79 Å².